The number of hydrogen-bond acceptors (Lipinski definition) is 5. The van der Waals surface area contributed by atoms with Crippen molar-refractivity contribution in [1.82, 2.24) is 9.97 Å². The minimum atomic E-state index is -0.112. The van der Waals surface area contributed by atoms with Crippen LogP contribution in [-0.2, 0) is 0 Å². The van der Waals surface area contributed by atoms with E-state index in [4.69, 9.17) is 0 Å². The molecule has 0 spiro atoms. The number of benzene rings is 1. The molecular formula is C17H22N4O. The molecule has 0 saturated heterocycles. The lowest BCUT2D eigenvalue weighted by Crippen LogP contribution is -2.33. The number of aromatic nitrogens is 2. The molecule has 0 radical (unpaired) electrons. The Kier molecular flexibility index (Phi) is 4.24. The second kappa shape index (κ2) is 6.32. The third-order valence-corrected chi connectivity index (χ3v) is 4.07. The van der Waals surface area contributed by atoms with Crippen molar-refractivity contribution < 1.29 is 5.11 Å². The lowest BCUT2D eigenvalue weighted by molar-refractivity contribution is 0.0486. The van der Waals surface area contributed by atoms with Gasteiger partial charge in [0.2, 0.25) is 5.95 Å². The van der Waals surface area contributed by atoms with E-state index in [2.05, 4.69) is 15.3 Å². The van der Waals surface area contributed by atoms with E-state index in [0.29, 0.717) is 11.9 Å². The summed E-state index contributed by atoms with van der Waals surface area (Å²) < 4.78 is 0. The van der Waals surface area contributed by atoms with Crippen molar-refractivity contribution in [1.29, 1.82) is 0 Å². The van der Waals surface area contributed by atoms with Gasteiger partial charge >= 0.3 is 0 Å². The third-order valence-electron chi connectivity index (χ3n) is 4.07. The van der Waals surface area contributed by atoms with Gasteiger partial charge in [-0.1, -0.05) is 18.2 Å². The van der Waals surface area contributed by atoms with E-state index in [0.717, 1.165) is 36.6 Å². The quantitative estimate of drug-likeness (QED) is 0.889. The zero-order valence-corrected chi connectivity index (χ0v) is 13.0. The number of aliphatic hydroxyl groups excluding tert-OH is 1. The molecule has 0 amide bonds. The first-order chi connectivity index (χ1) is 10.6. The summed E-state index contributed by atoms with van der Waals surface area (Å²) in [5, 5.41) is 12.7. The molecule has 1 fully saturated rings. The van der Waals surface area contributed by atoms with Gasteiger partial charge in [0.1, 0.15) is 5.82 Å². The molecule has 1 aromatic heterocycles. The molecule has 0 bridgehead atoms. The highest BCUT2D eigenvalue weighted by Crippen LogP contribution is 2.27. The van der Waals surface area contributed by atoms with Crippen molar-refractivity contribution in [2.45, 2.75) is 25.9 Å². The van der Waals surface area contributed by atoms with Gasteiger partial charge in [-0.3, -0.25) is 0 Å². The molecule has 2 aromatic rings. The molecule has 3 rings (SSSR count). The second-order valence-corrected chi connectivity index (χ2v) is 5.96. The molecule has 5 nitrogen and oxygen atoms in total. The molecule has 116 valence electrons. The number of aryl methyl sites for hydroxylation is 1. The summed E-state index contributed by atoms with van der Waals surface area (Å²) in [5.41, 5.74) is 1.99. The van der Waals surface area contributed by atoms with Gasteiger partial charge in [0.25, 0.3) is 0 Å². The summed E-state index contributed by atoms with van der Waals surface area (Å²) in [6.45, 7) is 2.82. The van der Waals surface area contributed by atoms with Crippen LogP contribution in [0.3, 0.4) is 0 Å². The standard InChI is InChI=1S/C17H22N4O/c1-12-8-16(18-11-13-9-15(22)10-13)20-17(19-12)21(2)14-6-4-3-5-7-14/h3-8,13,15,22H,9-11H2,1-2H3,(H,18,19,20). The summed E-state index contributed by atoms with van der Waals surface area (Å²) in [4.78, 5) is 11.1. The second-order valence-electron chi connectivity index (χ2n) is 5.96. The minimum Gasteiger partial charge on any atom is -0.393 e. The Morgan fingerprint density at radius 2 is 1.95 bits per heavy atom. The van der Waals surface area contributed by atoms with E-state index in [9.17, 15) is 5.11 Å². The summed E-state index contributed by atoms with van der Waals surface area (Å²) in [5.74, 6) is 2.06. The molecule has 1 aromatic carbocycles. The van der Waals surface area contributed by atoms with Crippen LogP contribution in [0.5, 0.6) is 0 Å². The molecule has 0 aliphatic heterocycles. The number of nitrogens with one attached hydrogen (secondary N) is 1. The first kappa shape index (κ1) is 14.8. The van der Waals surface area contributed by atoms with E-state index in [1.807, 2.05) is 55.3 Å². The Labute approximate surface area is 131 Å². The van der Waals surface area contributed by atoms with Gasteiger partial charge < -0.3 is 15.3 Å². The fraction of sp³-hybridized carbons (Fsp3) is 0.412. The number of para-hydroxylation sites is 1. The number of hydrogen-bond donors (Lipinski definition) is 2. The maximum absolute atomic E-state index is 9.34. The zero-order valence-electron chi connectivity index (χ0n) is 13.0. The number of aliphatic hydroxyl groups is 1. The van der Waals surface area contributed by atoms with Crippen molar-refractivity contribution >= 4 is 17.5 Å². The topological polar surface area (TPSA) is 61.3 Å². The molecule has 2 N–H and O–H groups in total. The summed E-state index contributed by atoms with van der Waals surface area (Å²) in [6.07, 6.45) is 1.65. The summed E-state index contributed by atoms with van der Waals surface area (Å²) >= 11 is 0. The number of nitrogens with zero attached hydrogens (tertiary/aromatic N) is 3. The van der Waals surface area contributed by atoms with Crippen LogP contribution in [0.1, 0.15) is 18.5 Å². The lowest BCUT2D eigenvalue weighted by atomic mass is 9.82. The molecule has 1 saturated carbocycles. The lowest BCUT2D eigenvalue weighted by Gasteiger charge is -2.31. The van der Waals surface area contributed by atoms with Crippen molar-refractivity contribution in [3.63, 3.8) is 0 Å². The van der Waals surface area contributed by atoms with Gasteiger partial charge in [-0.25, -0.2) is 4.98 Å². The predicted octanol–water partition coefficient (Wildman–Crippen LogP) is 2.74. The van der Waals surface area contributed by atoms with Gasteiger partial charge in [0.05, 0.1) is 6.10 Å². The Balaban J connectivity index is 1.72. The highest BCUT2D eigenvalue weighted by atomic mass is 16.3. The van der Waals surface area contributed by atoms with Crippen molar-refractivity contribution in [3.05, 3.63) is 42.1 Å². The summed E-state index contributed by atoms with van der Waals surface area (Å²) in [7, 11) is 1.97. The van der Waals surface area contributed by atoms with Gasteiger partial charge in [0.15, 0.2) is 0 Å². The maximum Gasteiger partial charge on any atom is 0.231 e. The fourth-order valence-corrected chi connectivity index (χ4v) is 2.68. The highest BCUT2D eigenvalue weighted by Gasteiger charge is 2.26. The molecule has 1 aliphatic carbocycles. The molecule has 5 heteroatoms. The zero-order chi connectivity index (χ0) is 15.5. The van der Waals surface area contributed by atoms with Crippen LogP contribution in [0.25, 0.3) is 0 Å². The van der Waals surface area contributed by atoms with E-state index in [1.54, 1.807) is 0 Å². The monoisotopic (exact) mass is 298 g/mol. The first-order valence-electron chi connectivity index (χ1n) is 7.68. The fourth-order valence-electron chi connectivity index (χ4n) is 2.68. The predicted molar refractivity (Wildman–Crippen MR) is 88.5 cm³/mol. The Bertz CT molecular complexity index is 626. The van der Waals surface area contributed by atoms with Crippen LogP contribution in [0, 0.1) is 12.8 Å². The van der Waals surface area contributed by atoms with Gasteiger partial charge in [-0.15, -0.1) is 0 Å². The van der Waals surface area contributed by atoms with Crippen molar-refractivity contribution in [2.24, 2.45) is 5.92 Å². The van der Waals surface area contributed by atoms with Crippen LogP contribution in [0.15, 0.2) is 36.4 Å². The van der Waals surface area contributed by atoms with Crippen LogP contribution in [0.2, 0.25) is 0 Å². The average molecular weight is 298 g/mol. The highest BCUT2D eigenvalue weighted by molar-refractivity contribution is 5.57. The molecule has 1 heterocycles. The smallest absolute Gasteiger partial charge is 0.231 e. The summed E-state index contributed by atoms with van der Waals surface area (Å²) in [6, 6.07) is 12.0. The molecule has 0 unspecified atom stereocenters. The Morgan fingerprint density at radius 1 is 1.23 bits per heavy atom. The van der Waals surface area contributed by atoms with Crippen LogP contribution >= 0.6 is 0 Å². The van der Waals surface area contributed by atoms with Gasteiger partial charge in [0, 0.05) is 31.0 Å². The number of rotatable bonds is 5. The van der Waals surface area contributed by atoms with Crippen molar-refractivity contribution in [2.75, 3.05) is 23.8 Å². The minimum absolute atomic E-state index is 0.112. The van der Waals surface area contributed by atoms with Gasteiger partial charge in [-0.05, 0) is 37.8 Å². The van der Waals surface area contributed by atoms with E-state index < -0.39 is 0 Å². The van der Waals surface area contributed by atoms with Crippen LogP contribution < -0.4 is 10.2 Å². The maximum atomic E-state index is 9.34. The normalized spacial score (nSPS) is 20.3. The largest absolute Gasteiger partial charge is 0.393 e. The van der Waals surface area contributed by atoms with E-state index >= 15 is 0 Å². The SMILES string of the molecule is Cc1cc(NCC2CC(O)C2)nc(N(C)c2ccccc2)n1. The average Bonchev–Trinajstić information content (AvgIpc) is 2.50. The van der Waals surface area contributed by atoms with Crippen LogP contribution in [-0.4, -0.2) is 34.8 Å². The third kappa shape index (κ3) is 3.36. The van der Waals surface area contributed by atoms with Crippen LogP contribution in [0.4, 0.5) is 17.5 Å². The van der Waals surface area contributed by atoms with E-state index in [-0.39, 0.29) is 6.10 Å². The Morgan fingerprint density at radius 3 is 2.64 bits per heavy atom. The molecule has 0 atom stereocenters. The molecular weight excluding hydrogens is 276 g/mol. The first-order valence-corrected chi connectivity index (χ1v) is 7.68. The molecule has 22 heavy (non-hydrogen) atoms. The van der Waals surface area contributed by atoms with Crippen molar-refractivity contribution in [3.8, 4) is 0 Å². The Hall–Kier alpha value is -2.14. The number of anilines is 3. The van der Waals surface area contributed by atoms with Gasteiger partial charge in [-0.2, -0.15) is 4.98 Å². The molecule has 1 aliphatic rings. The van der Waals surface area contributed by atoms with E-state index in [1.165, 1.54) is 0 Å².